The number of allylic oxidation sites excluding steroid dienone is 2. The number of aliphatic carboxylic acids is 1. The molecule has 1 aromatic carbocycles. The average Bonchev–Trinajstić information content (AvgIpc) is 3.57. The molecule has 356 valence electrons. The number of piperidine rings is 1. The number of aliphatic hydroxyl groups is 1. The zero-order valence-corrected chi connectivity index (χ0v) is 41.0. The Morgan fingerprint density at radius 1 is 0.922 bits per heavy atom. The second-order valence-corrected chi connectivity index (χ2v) is 22.7. The molecule has 8 rings (SSSR count). The number of nitrogens with zero attached hydrogens (tertiary/aromatic N) is 1. The summed E-state index contributed by atoms with van der Waals surface area (Å²) in [7, 11) is 3.10. The van der Waals surface area contributed by atoms with Gasteiger partial charge < -0.3 is 25.6 Å². The van der Waals surface area contributed by atoms with Gasteiger partial charge in [0.25, 0.3) is 5.91 Å². The van der Waals surface area contributed by atoms with E-state index < -0.39 is 11.9 Å². The van der Waals surface area contributed by atoms with Crippen LogP contribution in [0.1, 0.15) is 154 Å². The highest BCUT2D eigenvalue weighted by Gasteiger charge is 2.67. The number of carboxylic acid groups (broad SMARTS) is 1. The third kappa shape index (κ3) is 8.56. The number of likely N-dealkylation sites (tertiary alicyclic amines) is 1. The number of aryl methyl sites for hydroxylation is 1. The van der Waals surface area contributed by atoms with Crippen LogP contribution in [0.3, 0.4) is 0 Å². The molecule has 10 heteroatoms. The van der Waals surface area contributed by atoms with E-state index in [2.05, 4.69) is 57.2 Å². The van der Waals surface area contributed by atoms with E-state index in [9.17, 15) is 24.3 Å². The maximum atomic E-state index is 14.2. The number of hydrogen-bond acceptors (Lipinski definition) is 8. The van der Waals surface area contributed by atoms with Gasteiger partial charge in [-0.25, -0.2) is 0 Å². The molecule has 0 aromatic heterocycles. The number of ketones is 2. The lowest BCUT2D eigenvalue weighted by atomic mass is 9.36. The summed E-state index contributed by atoms with van der Waals surface area (Å²) in [5.74, 6) is 2.14. The highest BCUT2D eigenvalue weighted by molar-refractivity contribution is 6.01. The van der Waals surface area contributed by atoms with E-state index in [-0.39, 0.29) is 57.1 Å². The van der Waals surface area contributed by atoms with Gasteiger partial charge in [-0.1, -0.05) is 52.7 Å². The number of benzene rings is 1. The fraction of sp³-hybridized carbons (Fsp3) is 0.778. The van der Waals surface area contributed by atoms with E-state index >= 15 is 0 Å². The van der Waals surface area contributed by atoms with Crippen LogP contribution in [0.2, 0.25) is 0 Å². The number of Topliss-reactive ketones (excluding diaryl/α,β-unsaturated/α-hetero) is 2. The molecule has 5 saturated carbocycles. The predicted octanol–water partition coefficient (Wildman–Crippen LogP) is 9.06. The van der Waals surface area contributed by atoms with Crippen molar-refractivity contribution in [3.05, 3.63) is 40.5 Å². The Bertz CT molecular complexity index is 1940. The van der Waals surface area contributed by atoms with Crippen molar-refractivity contribution in [2.45, 2.75) is 150 Å². The summed E-state index contributed by atoms with van der Waals surface area (Å²) in [5.41, 5.74) is 4.15. The number of hydrogen-bond donors (Lipinski definition) is 4. The van der Waals surface area contributed by atoms with Crippen molar-refractivity contribution in [3.63, 3.8) is 0 Å². The zero-order chi connectivity index (χ0) is 46.4. The maximum Gasteiger partial charge on any atom is 0.306 e. The first-order valence-electron chi connectivity index (χ1n) is 25.4. The van der Waals surface area contributed by atoms with Crippen LogP contribution in [-0.2, 0) is 14.4 Å². The van der Waals surface area contributed by atoms with Crippen LogP contribution in [0.15, 0.2) is 29.3 Å². The number of nitrogens with one attached hydrogen (secondary N) is 2. The lowest BCUT2D eigenvalue weighted by Gasteiger charge is -2.69. The summed E-state index contributed by atoms with van der Waals surface area (Å²) in [6.45, 7) is 20.2. The number of carbonyl (C=O) groups is 4. The van der Waals surface area contributed by atoms with Gasteiger partial charge in [0.2, 0.25) is 0 Å². The molecule has 64 heavy (non-hydrogen) atoms. The summed E-state index contributed by atoms with van der Waals surface area (Å²) >= 11 is 0. The van der Waals surface area contributed by atoms with Crippen molar-refractivity contribution in [2.24, 2.45) is 69.5 Å². The topological polar surface area (TPSA) is 145 Å². The largest absolute Gasteiger partial charge is 0.491 e. The van der Waals surface area contributed by atoms with Crippen molar-refractivity contribution in [3.8, 4) is 5.75 Å². The lowest BCUT2D eigenvalue weighted by molar-refractivity contribution is -0.182. The Morgan fingerprint density at radius 2 is 1.64 bits per heavy atom. The number of carbonyl (C=O) groups excluding carboxylic acids is 3. The molecule has 1 aromatic rings. The molecule has 12 atom stereocenters. The van der Waals surface area contributed by atoms with Gasteiger partial charge in [0.15, 0.2) is 5.78 Å². The quantitative estimate of drug-likeness (QED) is 0.144. The molecule has 0 radical (unpaired) electrons. The molecular weight excluding hydrogens is 803 g/mol. The van der Waals surface area contributed by atoms with E-state index in [0.717, 1.165) is 95.7 Å². The molecule has 4 N–H and O–H groups in total. The molecule has 1 amide bonds. The van der Waals surface area contributed by atoms with Crippen molar-refractivity contribution >= 4 is 23.4 Å². The van der Waals surface area contributed by atoms with Gasteiger partial charge in [-0.05, 0) is 187 Å². The molecular formula is C54H83N3O7. The van der Waals surface area contributed by atoms with Crippen LogP contribution in [0.25, 0.3) is 0 Å². The van der Waals surface area contributed by atoms with Crippen LogP contribution in [0.5, 0.6) is 5.75 Å². The number of rotatable bonds is 14. The first kappa shape index (κ1) is 48.8. The van der Waals surface area contributed by atoms with Gasteiger partial charge in [0, 0.05) is 49.9 Å². The Morgan fingerprint density at radius 3 is 2.31 bits per heavy atom. The predicted molar refractivity (Wildman–Crippen MR) is 252 cm³/mol. The summed E-state index contributed by atoms with van der Waals surface area (Å²) in [6, 6.07) is 5.88. The molecule has 10 nitrogen and oxygen atoms in total. The lowest BCUT2D eigenvalue weighted by Crippen LogP contribution is -2.67. The van der Waals surface area contributed by atoms with Gasteiger partial charge >= 0.3 is 5.97 Å². The minimum absolute atomic E-state index is 0.0827. The number of fused-ring (bicyclic) bond motifs is 7. The Hall–Kier alpha value is -3.08. The Labute approximate surface area is 384 Å². The van der Waals surface area contributed by atoms with E-state index in [1.54, 1.807) is 0 Å². The third-order valence-electron chi connectivity index (χ3n) is 19.5. The maximum absolute atomic E-state index is 14.2. The average molecular weight is 886 g/mol. The van der Waals surface area contributed by atoms with Crippen LogP contribution in [0, 0.1) is 76.4 Å². The minimum Gasteiger partial charge on any atom is -0.491 e. The summed E-state index contributed by atoms with van der Waals surface area (Å²) in [5, 5.41) is 23.7. The summed E-state index contributed by atoms with van der Waals surface area (Å²) < 4.78 is 6.29. The second-order valence-electron chi connectivity index (χ2n) is 22.7. The molecule has 0 spiro atoms. The molecule has 12 unspecified atom stereocenters. The van der Waals surface area contributed by atoms with Crippen LogP contribution in [-0.4, -0.2) is 91.0 Å². The van der Waals surface area contributed by atoms with Crippen molar-refractivity contribution in [2.75, 3.05) is 46.9 Å². The van der Waals surface area contributed by atoms with E-state index in [4.69, 9.17) is 9.84 Å². The Kier molecular flexibility index (Phi) is 14.7. The van der Waals surface area contributed by atoms with Gasteiger partial charge in [-0.2, -0.15) is 0 Å². The van der Waals surface area contributed by atoms with Crippen molar-refractivity contribution < 1.29 is 34.1 Å². The van der Waals surface area contributed by atoms with Gasteiger partial charge in [-0.3, -0.25) is 24.1 Å². The highest BCUT2D eigenvalue weighted by Crippen LogP contribution is 2.73. The summed E-state index contributed by atoms with van der Waals surface area (Å²) in [4.78, 5) is 56.0. The molecule has 1 saturated heterocycles. The van der Waals surface area contributed by atoms with E-state index in [1.165, 1.54) is 24.8 Å². The van der Waals surface area contributed by atoms with E-state index in [0.29, 0.717) is 73.2 Å². The molecule has 6 aliphatic carbocycles. The smallest absolute Gasteiger partial charge is 0.306 e. The number of ether oxygens (including phenoxy) is 1. The molecule has 7 aliphatic rings. The van der Waals surface area contributed by atoms with Gasteiger partial charge in [0.1, 0.15) is 18.1 Å². The summed E-state index contributed by atoms with van der Waals surface area (Å²) in [6.07, 6.45) is 15.0. The number of aliphatic hydroxyl groups excluding tert-OH is 1. The SMILES string of the molecule is CNC1(C)C(CC(=O)C2CC(C(=O)O)C2C)CCC2(C)C3CCC4C5=C(C(C)C)C(=O)CC5(CCNC(=O)c5ccc(C)cc5OCCN5CCCCC5)CCC4C3(C)CCC21.CO. The third-order valence-corrected chi connectivity index (χ3v) is 19.5. The van der Waals surface area contributed by atoms with Crippen molar-refractivity contribution in [1.29, 1.82) is 0 Å². The molecule has 1 heterocycles. The Balaban J connectivity index is 0.00000302. The van der Waals surface area contributed by atoms with Crippen LogP contribution < -0.4 is 15.4 Å². The number of amides is 1. The first-order chi connectivity index (χ1) is 30.5. The van der Waals surface area contributed by atoms with Crippen LogP contribution >= 0.6 is 0 Å². The minimum atomic E-state index is -0.768. The van der Waals surface area contributed by atoms with E-state index in [1.807, 2.05) is 32.0 Å². The van der Waals surface area contributed by atoms with Gasteiger partial charge in [0.05, 0.1) is 11.5 Å². The fourth-order valence-corrected chi connectivity index (χ4v) is 16.0. The molecule has 1 aliphatic heterocycles. The fourth-order valence-electron chi connectivity index (χ4n) is 16.0. The standard InChI is InChI=1S/C53H79N3O6.CH4O/c1-32(2)46-42(58)31-53(22-23-55-48(59)37-13-12-33(3)28-43(37)62-27-26-56-24-10-9-11-25-56)21-17-40-36(47(46)53)14-15-44-50(40,5)20-18-45-51(44,6)19-16-35(52(45,7)54-8)29-41(57)38-30-39(34(38)4)49(60)61;1-2/h12-13,28,32,34-36,38-40,44-45,54H,9-11,14-27,29-31H2,1-8H3,(H,55,59)(H,60,61);2H,1H3. The molecule has 6 fully saturated rings. The second kappa shape index (κ2) is 19.3. The monoisotopic (exact) mass is 886 g/mol. The highest BCUT2D eigenvalue weighted by atomic mass is 16.5. The van der Waals surface area contributed by atoms with Crippen LogP contribution in [0.4, 0.5) is 0 Å². The zero-order valence-electron chi connectivity index (χ0n) is 41.0. The first-order valence-corrected chi connectivity index (χ1v) is 25.4. The normalized spacial score (nSPS) is 38.1. The molecule has 0 bridgehead atoms. The van der Waals surface area contributed by atoms with Crippen molar-refractivity contribution in [1.82, 2.24) is 15.5 Å². The number of carboxylic acids is 1. The van der Waals surface area contributed by atoms with Gasteiger partial charge in [-0.15, -0.1) is 0 Å².